The smallest absolute Gasteiger partial charge is 0.338 e. The minimum atomic E-state index is -0.410. The first-order valence-corrected chi connectivity index (χ1v) is 8.47. The zero-order chi connectivity index (χ0) is 15.7. The van der Waals surface area contributed by atoms with E-state index in [4.69, 9.17) is 9.47 Å². The Kier molecular flexibility index (Phi) is 4.53. The number of benzene rings is 1. The molecular weight excluding hydrogens is 276 g/mol. The molecule has 1 heterocycles. The van der Waals surface area contributed by atoms with Gasteiger partial charge < -0.3 is 9.47 Å². The molecule has 1 aromatic rings. The van der Waals surface area contributed by atoms with Gasteiger partial charge >= 0.3 is 5.97 Å². The van der Waals surface area contributed by atoms with Gasteiger partial charge in [-0.3, -0.25) is 0 Å². The van der Waals surface area contributed by atoms with Crippen molar-refractivity contribution in [1.29, 1.82) is 0 Å². The second-order valence-electron chi connectivity index (χ2n) is 7.19. The van der Waals surface area contributed by atoms with Gasteiger partial charge in [0, 0.05) is 0 Å². The number of carbonyl (C=O) groups excluding carboxylic acids is 1. The molecule has 2 fully saturated rings. The van der Waals surface area contributed by atoms with Gasteiger partial charge in [0.2, 0.25) is 0 Å². The van der Waals surface area contributed by atoms with Gasteiger partial charge in [-0.1, -0.05) is 57.5 Å². The number of hydrogen-bond donors (Lipinski definition) is 0. The zero-order valence-corrected chi connectivity index (χ0v) is 13.7. The molecule has 2 unspecified atom stereocenters. The Morgan fingerprint density at radius 3 is 2.64 bits per heavy atom. The Labute approximate surface area is 133 Å². The number of ether oxygens (including phenoxy) is 2. The lowest BCUT2D eigenvalue weighted by Gasteiger charge is -2.36. The molecule has 0 aromatic heterocycles. The normalized spacial score (nSPS) is 34.5. The maximum absolute atomic E-state index is 12.4. The van der Waals surface area contributed by atoms with Crippen LogP contribution in [0.4, 0.5) is 0 Å². The largest absolute Gasteiger partial charge is 0.460 e. The lowest BCUT2D eigenvalue weighted by Crippen LogP contribution is -2.36. The highest BCUT2D eigenvalue weighted by Gasteiger charge is 2.48. The molecule has 3 nitrogen and oxygen atoms in total. The third-order valence-corrected chi connectivity index (χ3v) is 5.08. The van der Waals surface area contributed by atoms with E-state index in [1.54, 1.807) is 0 Å². The fourth-order valence-electron chi connectivity index (χ4n) is 3.65. The summed E-state index contributed by atoms with van der Waals surface area (Å²) in [6.45, 7) is 6.70. The van der Waals surface area contributed by atoms with Crippen LogP contribution in [0.25, 0.3) is 0 Å². The van der Waals surface area contributed by atoms with E-state index < -0.39 is 6.10 Å². The molecule has 0 spiro atoms. The van der Waals surface area contributed by atoms with E-state index >= 15 is 0 Å². The van der Waals surface area contributed by atoms with Crippen molar-refractivity contribution in [2.75, 3.05) is 0 Å². The molecule has 0 amide bonds. The fourth-order valence-corrected chi connectivity index (χ4v) is 3.65. The lowest BCUT2D eigenvalue weighted by molar-refractivity contribution is -0.157. The first-order chi connectivity index (χ1) is 10.6. The van der Waals surface area contributed by atoms with Crippen molar-refractivity contribution in [3.8, 4) is 0 Å². The minimum Gasteiger partial charge on any atom is -0.460 e. The lowest BCUT2D eigenvalue weighted by atomic mass is 9.75. The third-order valence-electron chi connectivity index (χ3n) is 5.08. The second kappa shape index (κ2) is 6.41. The van der Waals surface area contributed by atoms with E-state index in [9.17, 15) is 4.79 Å². The Balaban J connectivity index is 1.59. The third kappa shape index (κ3) is 3.35. The maximum atomic E-state index is 12.4. The van der Waals surface area contributed by atoms with E-state index in [1.165, 1.54) is 6.42 Å². The van der Waals surface area contributed by atoms with Crippen LogP contribution in [0.15, 0.2) is 30.3 Å². The highest BCUT2D eigenvalue weighted by Crippen LogP contribution is 2.41. The Morgan fingerprint density at radius 1 is 1.23 bits per heavy atom. The van der Waals surface area contributed by atoms with Gasteiger partial charge in [0.15, 0.2) is 6.10 Å². The monoisotopic (exact) mass is 302 g/mol. The summed E-state index contributed by atoms with van der Waals surface area (Å²) < 4.78 is 11.4. The van der Waals surface area contributed by atoms with Gasteiger partial charge in [-0.25, -0.2) is 4.79 Å². The van der Waals surface area contributed by atoms with Crippen molar-refractivity contribution in [3.05, 3.63) is 35.9 Å². The second-order valence-corrected chi connectivity index (χ2v) is 7.19. The minimum absolute atomic E-state index is 0.0527. The molecule has 120 valence electrons. The quantitative estimate of drug-likeness (QED) is 0.620. The summed E-state index contributed by atoms with van der Waals surface area (Å²) in [4.78, 5) is 12.4. The maximum Gasteiger partial charge on any atom is 0.338 e. The van der Waals surface area contributed by atoms with Crippen molar-refractivity contribution >= 4 is 5.97 Å². The van der Waals surface area contributed by atoms with Crippen molar-refractivity contribution in [3.63, 3.8) is 0 Å². The molecule has 3 heteroatoms. The standard InChI is InChI=1S/C19H26O3/c1-12(2)15-10-9-13(3)11-16(15)21-19(20)18-17(22-18)14-7-5-4-6-8-14/h4-8,12-13,15-18H,9-11H2,1-3H3/t13?,15-,16?,17-,18-/m1/s1. The van der Waals surface area contributed by atoms with Gasteiger partial charge in [-0.2, -0.15) is 0 Å². The highest BCUT2D eigenvalue weighted by atomic mass is 16.6. The van der Waals surface area contributed by atoms with Crippen LogP contribution in [-0.4, -0.2) is 18.2 Å². The number of carbonyl (C=O) groups is 1. The van der Waals surface area contributed by atoms with Gasteiger partial charge in [-0.15, -0.1) is 0 Å². The van der Waals surface area contributed by atoms with Crippen LogP contribution in [0.1, 0.15) is 51.7 Å². The predicted molar refractivity (Wildman–Crippen MR) is 85.3 cm³/mol. The summed E-state index contributed by atoms with van der Waals surface area (Å²) in [6, 6.07) is 9.90. The molecule has 1 aliphatic carbocycles. The van der Waals surface area contributed by atoms with Crippen molar-refractivity contribution in [1.82, 2.24) is 0 Å². The summed E-state index contributed by atoms with van der Waals surface area (Å²) in [6.07, 6.45) is 2.90. The molecular formula is C19H26O3. The molecule has 0 N–H and O–H groups in total. The molecule has 0 radical (unpaired) electrons. The van der Waals surface area contributed by atoms with Crippen LogP contribution < -0.4 is 0 Å². The Hall–Kier alpha value is -1.35. The van der Waals surface area contributed by atoms with Crippen LogP contribution in [0.3, 0.4) is 0 Å². The average Bonchev–Trinajstić information content (AvgIpc) is 3.28. The topological polar surface area (TPSA) is 38.8 Å². The molecule has 1 aliphatic heterocycles. The van der Waals surface area contributed by atoms with Gasteiger partial charge in [0.05, 0.1) is 0 Å². The average molecular weight is 302 g/mol. The SMILES string of the molecule is CC1CC[C@H](C(C)C)C(OC(=O)[C@@H]2O[C@@H]2c2ccccc2)C1. The van der Waals surface area contributed by atoms with Gasteiger partial charge in [0.25, 0.3) is 0 Å². The molecule has 3 rings (SSSR count). The van der Waals surface area contributed by atoms with E-state index in [1.807, 2.05) is 30.3 Å². The molecule has 1 saturated carbocycles. The molecule has 1 aromatic carbocycles. The van der Waals surface area contributed by atoms with Crippen LogP contribution in [0, 0.1) is 17.8 Å². The first kappa shape index (κ1) is 15.5. The number of hydrogen-bond acceptors (Lipinski definition) is 3. The van der Waals surface area contributed by atoms with E-state index in [2.05, 4.69) is 20.8 Å². The molecule has 0 bridgehead atoms. The number of epoxide rings is 1. The van der Waals surface area contributed by atoms with Crippen molar-refractivity contribution in [2.24, 2.45) is 17.8 Å². The summed E-state index contributed by atoms with van der Waals surface area (Å²) >= 11 is 0. The van der Waals surface area contributed by atoms with Crippen LogP contribution in [-0.2, 0) is 14.3 Å². The molecule has 5 atom stereocenters. The van der Waals surface area contributed by atoms with E-state index in [0.29, 0.717) is 17.8 Å². The van der Waals surface area contributed by atoms with Crippen molar-refractivity contribution < 1.29 is 14.3 Å². The van der Waals surface area contributed by atoms with Crippen LogP contribution >= 0.6 is 0 Å². The molecule has 22 heavy (non-hydrogen) atoms. The van der Waals surface area contributed by atoms with Crippen LogP contribution in [0.5, 0.6) is 0 Å². The summed E-state index contributed by atoms with van der Waals surface area (Å²) in [7, 11) is 0. The predicted octanol–water partition coefficient (Wildman–Crippen LogP) is 4.13. The number of esters is 1. The Bertz CT molecular complexity index is 511. The zero-order valence-electron chi connectivity index (χ0n) is 13.7. The molecule has 1 saturated heterocycles. The fraction of sp³-hybridized carbons (Fsp3) is 0.632. The van der Waals surface area contributed by atoms with E-state index in [0.717, 1.165) is 18.4 Å². The summed E-state index contributed by atoms with van der Waals surface area (Å²) in [5.41, 5.74) is 1.06. The van der Waals surface area contributed by atoms with Gasteiger partial charge in [0.1, 0.15) is 12.2 Å². The first-order valence-electron chi connectivity index (χ1n) is 8.47. The summed E-state index contributed by atoms with van der Waals surface area (Å²) in [5.74, 6) is 1.49. The number of rotatable bonds is 4. The van der Waals surface area contributed by atoms with E-state index in [-0.39, 0.29) is 18.2 Å². The summed E-state index contributed by atoms with van der Waals surface area (Å²) in [5, 5.41) is 0. The highest BCUT2D eigenvalue weighted by molar-refractivity contribution is 5.78. The van der Waals surface area contributed by atoms with Crippen LogP contribution in [0.2, 0.25) is 0 Å². The Morgan fingerprint density at radius 2 is 1.95 bits per heavy atom. The van der Waals surface area contributed by atoms with Gasteiger partial charge in [-0.05, 0) is 36.2 Å². The van der Waals surface area contributed by atoms with Crippen molar-refractivity contribution in [2.45, 2.75) is 58.3 Å². The molecule has 2 aliphatic rings.